The van der Waals surface area contributed by atoms with Gasteiger partial charge >= 0.3 is 0 Å². The van der Waals surface area contributed by atoms with E-state index in [0.29, 0.717) is 18.5 Å². The minimum atomic E-state index is -0.527. The molecule has 0 bridgehead atoms. The van der Waals surface area contributed by atoms with Gasteiger partial charge in [0.25, 0.3) is 0 Å². The van der Waals surface area contributed by atoms with Gasteiger partial charge in [-0.3, -0.25) is 14.6 Å². The molecule has 1 fully saturated rings. The van der Waals surface area contributed by atoms with E-state index < -0.39 is 5.92 Å². The minimum absolute atomic E-state index is 0.0926. The Labute approximate surface area is 102 Å². The number of hydrogen-bond donors (Lipinski definition) is 0. The minimum Gasteiger partial charge on any atom is -0.345 e. The average Bonchev–Trinajstić information content (AvgIpc) is 2.59. The first-order valence-corrected chi connectivity index (χ1v) is 5.78. The van der Waals surface area contributed by atoms with Crippen LogP contribution in [0.1, 0.15) is 16.8 Å². The summed E-state index contributed by atoms with van der Waals surface area (Å²) in [5.41, 5.74) is 0.489. The van der Waals surface area contributed by atoms with Gasteiger partial charge < -0.3 is 4.90 Å². The Bertz CT molecular complexity index is 447. The Kier molecular flexibility index (Phi) is 3.05. The third-order valence-electron chi connectivity index (χ3n) is 2.73. The maximum atomic E-state index is 12.0. The van der Waals surface area contributed by atoms with Crippen molar-refractivity contribution in [3.05, 3.63) is 28.5 Å². The van der Waals surface area contributed by atoms with E-state index in [9.17, 15) is 9.59 Å². The number of pyridine rings is 1. The number of amides is 1. The van der Waals surface area contributed by atoms with E-state index in [1.807, 2.05) is 0 Å². The maximum Gasteiger partial charge on any atom is 0.233 e. The van der Waals surface area contributed by atoms with E-state index in [4.69, 9.17) is 0 Å². The molecule has 0 spiro atoms. The lowest BCUT2D eigenvalue weighted by molar-refractivity contribution is -0.128. The third kappa shape index (κ3) is 2.00. The van der Waals surface area contributed by atoms with Crippen LogP contribution in [0.15, 0.2) is 22.9 Å². The lowest BCUT2D eigenvalue weighted by atomic mass is 9.97. The number of carbonyl (C=O) groups is 2. The van der Waals surface area contributed by atoms with E-state index >= 15 is 0 Å². The van der Waals surface area contributed by atoms with E-state index in [1.165, 1.54) is 6.20 Å². The summed E-state index contributed by atoms with van der Waals surface area (Å²) in [5, 5.41) is 0. The van der Waals surface area contributed by atoms with Crippen LogP contribution in [0.3, 0.4) is 0 Å². The van der Waals surface area contributed by atoms with Crippen LogP contribution >= 0.6 is 15.9 Å². The van der Waals surface area contributed by atoms with Gasteiger partial charge in [0.2, 0.25) is 5.91 Å². The second-order valence-corrected chi connectivity index (χ2v) is 4.77. The Morgan fingerprint density at radius 1 is 1.56 bits per heavy atom. The zero-order chi connectivity index (χ0) is 11.7. The van der Waals surface area contributed by atoms with Crippen LogP contribution in [-0.4, -0.2) is 35.2 Å². The van der Waals surface area contributed by atoms with Crippen molar-refractivity contribution in [1.82, 2.24) is 9.88 Å². The largest absolute Gasteiger partial charge is 0.345 e. The first kappa shape index (κ1) is 11.3. The van der Waals surface area contributed by atoms with Crippen molar-refractivity contribution in [3.8, 4) is 0 Å². The zero-order valence-corrected chi connectivity index (χ0v) is 10.4. The summed E-state index contributed by atoms with van der Waals surface area (Å²) >= 11 is 3.26. The number of nitrogens with zero attached hydrogens (tertiary/aromatic N) is 2. The molecule has 1 aliphatic rings. The number of Topliss-reactive ketones (excluding diaryl/α,β-unsaturated/α-hetero) is 1. The third-order valence-corrected chi connectivity index (χ3v) is 3.17. The number of hydrogen-bond acceptors (Lipinski definition) is 3. The number of aromatic nitrogens is 1. The van der Waals surface area contributed by atoms with Gasteiger partial charge in [-0.15, -0.1) is 0 Å². The summed E-state index contributed by atoms with van der Waals surface area (Å²) in [4.78, 5) is 29.2. The molecule has 2 rings (SSSR count). The van der Waals surface area contributed by atoms with Crippen LogP contribution in [0, 0.1) is 5.92 Å². The van der Waals surface area contributed by atoms with Gasteiger partial charge in [-0.05, 0) is 28.4 Å². The monoisotopic (exact) mass is 282 g/mol. The van der Waals surface area contributed by atoms with Crippen molar-refractivity contribution in [1.29, 1.82) is 0 Å². The molecule has 0 aliphatic carbocycles. The first-order valence-electron chi connectivity index (χ1n) is 4.99. The molecule has 0 radical (unpaired) electrons. The van der Waals surface area contributed by atoms with E-state index in [1.54, 1.807) is 24.2 Å². The fourth-order valence-corrected chi connectivity index (χ4v) is 2.18. The quantitative estimate of drug-likeness (QED) is 0.610. The number of ketones is 1. The van der Waals surface area contributed by atoms with Crippen LogP contribution in [0.5, 0.6) is 0 Å². The molecule has 2 heterocycles. The van der Waals surface area contributed by atoms with Crippen molar-refractivity contribution < 1.29 is 9.59 Å². The molecule has 0 unspecified atom stereocenters. The van der Waals surface area contributed by atoms with Crippen LogP contribution < -0.4 is 0 Å². The van der Waals surface area contributed by atoms with E-state index in [0.717, 1.165) is 4.47 Å². The number of rotatable bonds is 2. The molecule has 1 saturated heterocycles. The summed E-state index contributed by atoms with van der Waals surface area (Å²) in [6.45, 7) is 0.649. The van der Waals surface area contributed by atoms with Crippen LogP contribution in [0.2, 0.25) is 0 Å². The van der Waals surface area contributed by atoms with Crippen molar-refractivity contribution in [2.45, 2.75) is 6.42 Å². The molecule has 5 heteroatoms. The van der Waals surface area contributed by atoms with E-state index in [-0.39, 0.29) is 11.7 Å². The standard InChI is InChI=1S/C11H11BrN2O2/c1-14-3-2-9(11(14)16)10(15)7-4-8(12)6-13-5-7/h4-6,9H,2-3H2,1H3/t9-/m0/s1. The lowest BCUT2D eigenvalue weighted by Gasteiger charge is -2.09. The summed E-state index contributed by atoms with van der Waals surface area (Å²) in [7, 11) is 1.72. The maximum absolute atomic E-state index is 12.0. The van der Waals surface area contributed by atoms with Crippen molar-refractivity contribution in [2.24, 2.45) is 5.92 Å². The molecule has 1 aliphatic heterocycles. The molecular weight excluding hydrogens is 272 g/mol. The van der Waals surface area contributed by atoms with Crippen molar-refractivity contribution in [2.75, 3.05) is 13.6 Å². The van der Waals surface area contributed by atoms with Gasteiger partial charge in [0, 0.05) is 36.0 Å². The SMILES string of the molecule is CN1CC[C@@H](C(=O)c2cncc(Br)c2)C1=O. The van der Waals surface area contributed by atoms with E-state index in [2.05, 4.69) is 20.9 Å². The highest BCUT2D eigenvalue weighted by atomic mass is 79.9. The molecule has 1 atom stereocenters. The van der Waals surface area contributed by atoms with Crippen molar-refractivity contribution >= 4 is 27.6 Å². The Morgan fingerprint density at radius 2 is 2.31 bits per heavy atom. The molecule has 16 heavy (non-hydrogen) atoms. The predicted molar refractivity (Wildman–Crippen MR) is 62.0 cm³/mol. The number of halogens is 1. The van der Waals surface area contributed by atoms with Gasteiger partial charge in [-0.2, -0.15) is 0 Å². The first-order chi connectivity index (χ1) is 7.59. The summed E-state index contributed by atoms with van der Waals surface area (Å²) in [6.07, 6.45) is 3.71. The fourth-order valence-electron chi connectivity index (χ4n) is 1.81. The predicted octanol–water partition coefficient (Wildman–Crippen LogP) is 1.51. The van der Waals surface area contributed by atoms with Gasteiger partial charge in [-0.1, -0.05) is 0 Å². The Balaban J connectivity index is 2.23. The molecule has 1 aromatic heterocycles. The Hall–Kier alpha value is -1.23. The summed E-state index contributed by atoms with van der Waals surface area (Å²) in [6, 6.07) is 1.70. The van der Waals surface area contributed by atoms with Crippen LogP contribution in [0.4, 0.5) is 0 Å². The normalized spacial score (nSPS) is 20.2. The molecular formula is C11H11BrN2O2. The fraction of sp³-hybridized carbons (Fsp3) is 0.364. The number of carbonyl (C=O) groups excluding carboxylic acids is 2. The molecule has 0 aromatic carbocycles. The van der Waals surface area contributed by atoms with Gasteiger partial charge in [0.05, 0.1) is 0 Å². The second-order valence-electron chi connectivity index (χ2n) is 3.86. The molecule has 0 N–H and O–H groups in total. The topological polar surface area (TPSA) is 50.3 Å². The summed E-state index contributed by atoms with van der Waals surface area (Å²) in [5.74, 6) is -0.755. The van der Waals surface area contributed by atoms with Gasteiger partial charge in [0.15, 0.2) is 5.78 Å². The smallest absolute Gasteiger partial charge is 0.233 e. The highest BCUT2D eigenvalue weighted by Crippen LogP contribution is 2.22. The molecule has 0 saturated carbocycles. The highest BCUT2D eigenvalue weighted by Gasteiger charge is 2.35. The highest BCUT2D eigenvalue weighted by molar-refractivity contribution is 9.10. The Morgan fingerprint density at radius 3 is 2.88 bits per heavy atom. The van der Waals surface area contributed by atoms with Crippen molar-refractivity contribution in [3.63, 3.8) is 0 Å². The molecule has 4 nitrogen and oxygen atoms in total. The lowest BCUT2D eigenvalue weighted by Crippen LogP contribution is -2.27. The van der Waals surface area contributed by atoms with Gasteiger partial charge in [-0.25, -0.2) is 0 Å². The van der Waals surface area contributed by atoms with Crippen LogP contribution in [0.25, 0.3) is 0 Å². The summed E-state index contributed by atoms with van der Waals surface area (Å²) < 4.78 is 0.747. The number of likely N-dealkylation sites (tertiary alicyclic amines) is 1. The zero-order valence-electron chi connectivity index (χ0n) is 8.81. The average molecular weight is 283 g/mol. The van der Waals surface area contributed by atoms with Crippen LogP contribution in [-0.2, 0) is 4.79 Å². The van der Waals surface area contributed by atoms with Gasteiger partial charge in [0.1, 0.15) is 5.92 Å². The molecule has 1 aromatic rings. The molecule has 84 valence electrons. The molecule has 1 amide bonds. The second kappa shape index (κ2) is 4.33.